The van der Waals surface area contributed by atoms with Crippen molar-refractivity contribution in [3.05, 3.63) is 46.7 Å². The first-order valence-corrected chi connectivity index (χ1v) is 8.97. The van der Waals surface area contributed by atoms with Crippen LogP contribution >= 0.6 is 0 Å². The first-order valence-electron chi connectivity index (χ1n) is 8.97. The minimum atomic E-state index is 0.723. The smallest absolute Gasteiger partial charge is 0.0333 e. The normalized spacial score (nSPS) is 40.4. The molecule has 4 unspecified atom stereocenters. The lowest BCUT2D eigenvalue weighted by atomic mass is 9.63. The van der Waals surface area contributed by atoms with Crippen LogP contribution in [0.25, 0.3) is 0 Å². The first kappa shape index (κ1) is 12.3. The highest BCUT2D eigenvalue weighted by Gasteiger charge is 2.46. The van der Waals surface area contributed by atoms with Gasteiger partial charge in [-0.15, -0.1) is 0 Å². The Hall–Kier alpha value is -1.24. The molecule has 5 rings (SSSR count). The summed E-state index contributed by atoms with van der Waals surface area (Å²) in [7, 11) is 0. The van der Waals surface area contributed by atoms with Crippen LogP contribution in [0.4, 0.5) is 0 Å². The van der Waals surface area contributed by atoms with E-state index in [1.165, 1.54) is 51.4 Å². The largest absolute Gasteiger partial charge is 0.385 e. The van der Waals surface area contributed by atoms with Crippen LogP contribution in [0.3, 0.4) is 0 Å². The molecule has 0 saturated heterocycles. The van der Waals surface area contributed by atoms with Crippen LogP contribution in [-0.2, 0) is 0 Å². The van der Waals surface area contributed by atoms with Crippen molar-refractivity contribution >= 4 is 0 Å². The topological polar surface area (TPSA) is 12.0 Å². The Labute approximate surface area is 127 Å². The molecule has 1 heteroatoms. The van der Waals surface area contributed by atoms with Crippen LogP contribution in [-0.4, -0.2) is 6.04 Å². The van der Waals surface area contributed by atoms with E-state index in [0.717, 1.165) is 23.8 Å². The van der Waals surface area contributed by atoms with E-state index in [0.29, 0.717) is 0 Å². The zero-order valence-corrected chi connectivity index (χ0v) is 12.8. The lowest BCUT2D eigenvalue weighted by molar-refractivity contribution is 0.178. The van der Waals surface area contributed by atoms with Crippen LogP contribution < -0.4 is 5.32 Å². The third kappa shape index (κ3) is 1.76. The summed E-state index contributed by atoms with van der Waals surface area (Å²) >= 11 is 0. The van der Waals surface area contributed by atoms with Gasteiger partial charge in [0.05, 0.1) is 0 Å². The number of allylic oxidation sites excluding steroid dienone is 7. The van der Waals surface area contributed by atoms with Crippen molar-refractivity contribution in [1.29, 1.82) is 0 Å². The molecule has 110 valence electrons. The van der Waals surface area contributed by atoms with E-state index in [-0.39, 0.29) is 0 Å². The molecule has 1 fully saturated rings. The lowest BCUT2D eigenvalue weighted by Gasteiger charge is -2.42. The fraction of sp³-hybridized carbons (Fsp3) is 0.600. The summed E-state index contributed by atoms with van der Waals surface area (Å²) < 4.78 is 0. The predicted molar refractivity (Wildman–Crippen MR) is 86.7 cm³/mol. The van der Waals surface area contributed by atoms with E-state index in [1.807, 2.05) is 0 Å². The van der Waals surface area contributed by atoms with Gasteiger partial charge in [0.2, 0.25) is 0 Å². The summed E-state index contributed by atoms with van der Waals surface area (Å²) in [6, 6.07) is 0.723. The van der Waals surface area contributed by atoms with Crippen molar-refractivity contribution in [1.82, 2.24) is 5.32 Å². The van der Waals surface area contributed by atoms with Gasteiger partial charge in [-0.3, -0.25) is 0 Å². The van der Waals surface area contributed by atoms with Crippen molar-refractivity contribution in [3.8, 4) is 0 Å². The molecule has 1 saturated carbocycles. The van der Waals surface area contributed by atoms with Crippen LogP contribution in [0.15, 0.2) is 46.7 Å². The van der Waals surface area contributed by atoms with Crippen LogP contribution in [0.1, 0.15) is 51.4 Å². The Kier molecular flexibility index (Phi) is 2.71. The highest BCUT2D eigenvalue weighted by Crippen LogP contribution is 2.52. The van der Waals surface area contributed by atoms with Gasteiger partial charge in [-0.2, -0.15) is 0 Å². The fourth-order valence-electron chi connectivity index (χ4n) is 5.64. The molecule has 21 heavy (non-hydrogen) atoms. The van der Waals surface area contributed by atoms with E-state index >= 15 is 0 Å². The van der Waals surface area contributed by atoms with Crippen molar-refractivity contribution in [2.24, 2.45) is 17.8 Å². The van der Waals surface area contributed by atoms with E-state index < -0.39 is 0 Å². The maximum absolute atomic E-state index is 3.94. The highest BCUT2D eigenvalue weighted by atomic mass is 15.0. The summed E-state index contributed by atoms with van der Waals surface area (Å²) in [6.07, 6.45) is 20.6. The molecule has 1 nitrogen and oxygen atoms in total. The molecule has 1 N–H and O–H groups in total. The molecule has 1 heterocycles. The third-order valence-corrected chi connectivity index (χ3v) is 6.57. The lowest BCUT2D eigenvalue weighted by Crippen LogP contribution is -2.41. The maximum atomic E-state index is 3.94. The van der Waals surface area contributed by atoms with Crippen molar-refractivity contribution in [2.75, 3.05) is 0 Å². The summed E-state index contributed by atoms with van der Waals surface area (Å²) in [4.78, 5) is 0. The second kappa shape index (κ2) is 4.63. The maximum Gasteiger partial charge on any atom is 0.0333 e. The Morgan fingerprint density at radius 3 is 2.95 bits per heavy atom. The molecular weight excluding hydrogens is 254 g/mol. The number of hydrogen-bond acceptors (Lipinski definition) is 1. The second-order valence-electron chi connectivity index (χ2n) is 7.55. The molecule has 1 aliphatic heterocycles. The Bertz CT molecular complexity index is 589. The van der Waals surface area contributed by atoms with Crippen molar-refractivity contribution in [2.45, 2.75) is 57.4 Å². The predicted octanol–water partition coefficient (Wildman–Crippen LogP) is 4.65. The van der Waals surface area contributed by atoms with Crippen LogP contribution in [0.2, 0.25) is 0 Å². The summed E-state index contributed by atoms with van der Waals surface area (Å²) in [5.74, 6) is 2.52. The van der Waals surface area contributed by atoms with Gasteiger partial charge in [0, 0.05) is 17.7 Å². The number of fused-ring (bicyclic) bond motifs is 5. The third-order valence-electron chi connectivity index (χ3n) is 6.57. The standard InChI is InChI=1S/C20H25N/c1-3-7-15-13(5-1)9-11-17-19(15)20-16-8-4-2-6-14(16)10-12-18(20)21-17/h3-4,7-8,13,15,17,19,21H,1-2,5-6,9-12H2. The summed E-state index contributed by atoms with van der Waals surface area (Å²) in [6.45, 7) is 0. The fourth-order valence-corrected chi connectivity index (χ4v) is 5.64. The zero-order valence-electron chi connectivity index (χ0n) is 12.8. The molecule has 0 aromatic rings. The Morgan fingerprint density at radius 1 is 0.952 bits per heavy atom. The van der Waals surface area contributed by atoms with Gasteiger partial charge in [-0.25, -0.2) is 0 Å². The zero-order chi connectivity index (χ0) is 13.8. The summed E-state index contributed by atoms with van der Waals surface area (Å²) in [5.41, 5.74) is 6.73. The molecule has 0 spiro atoms. The van der Waals surface area contributed by atoms with Gasteiger partial charge >= 0.3 is 0 Å². The van der Waals surface area contributed by atoms with Gasteiger partial charge in [-0.1, -0.05) is 29.9 Å². The molecule has 0 aromatic heterocycles. The molecule has 0 radical (unpaired) electrons. The number of hydrogen-bond donors (Lipinski definition) is 1. The molecule has 4 atom stereocenters. The molecule has 5 aliphatic rings. The van der Waals surface area contributed by atoms with Crippen LogP contribution in [0.5, 0.6) is 0 Å². The van der Waals surface area contributed by atoms with Gasteiger partial charge in [-0.05, 0) is 74.3 Å². The van der Waals surface area contributed by atoms with Gasteiger partial charge in [0.15, 0.2) is 0 Å². The van der Waals surface area contributed by atoms with E-state index in [2.05, 4.69) is 29.6 Å². The quantitative estimate of drug-likeness (QED) is 0.637. The number of rotatable bonds is 0. The minimum Gasteiger partial charge on any atom is -0.385 e. The minimum absolute atomic E-state index is 0.723. The highest BCUT2D eigenvalue weighted by molar-refractivity contribution is 5.54. The SMILES string of the molecule is C1=CC2=C(CC1)CCC1=C2C2C(CCC3CCC=CC32)N1. The average molecular weight is 279 g/mol. The first-order chi connectivity index (χ1) is 10.4. The van der Waals surface area contributed by atoms with E-state index in [9.17, 15) is 0 Å². The Morgan fingerprint density at radius 2 is 1.95 bits per heavy atom. The van der Waals surface area contributed by atoms with E-state index in [1.54, 1.807) is 22.4 Å². The molecule has 0 amide bonds. The summed E-state index contributed by atoms with van der Waals surface area (Å²) in [5, 5.41) is 3.94. The monoisotopic (exact) mass is 279 g/mol. The molecular formula is C20H25N. The van der Waals surface area contributed by atoms with Gasteiger partial charge in [0.25, 0.3) is 0 Å². The van der Waals surface area contributed by atoms with Crippen molar-refractivity contribution < 1.29 is 0 Å². The van der Waals surface area contributed by atoms with Crippen molar-refractivity contribution in [3.63, 3.8) is 0 Å². The van der Waals surface area contributed by atoms with E-state index in [4.69, 9.17) is 0 Å². The molecule has 0 bridgehead atoms. The van der Waals surface area contributed by atoms with Gasteiger partial charge < -0.3 is 5.32 Å². The number of nitrogens with one attached hydrogen (secondary N) is 1. The second-order valence-corrected chi connectivity index (χ2v) is 7.55. The molecule has 4 aliphatic carbocycles. The van der Waals surface area contributed by atoms with Crippen LogP contribution in [0, 0.1) is 17.8 Å². The van der Waals surface area contributed by atoms with Gasteiger partial charge in [0.1, 0.15) is 0 Å². The average Bonchev–Trinajstić information content (AvgIpc) is 2.94. The molecule has 0 aromatic carbocycles. The Balaban J connectivity index is 1.59.